The first-order valence-electron chi connectivity index (χ1n) is 5.38. The minimum atomic E-state index is 0.419. The monoisotopic (exact) mass is 201 g/mol. The molecule has 1 aliphatic carbocycles. The largest absolute Gasteiger partial charge is 0.327 e. The first-order valence-corrected chi connectivity index (χ1v) is 6.37. The van der Waals surface area contributed by atoms with Crippen LogP contribution < -0.4 is 5.73 Å². The second kappa shape index (κ2) is 4.70. The third-order valence-electron chi connectivity index (χ3n) is 2.74. The van der Waals surface area contributed by atoms with Gasteiger partial charge in [0.15, 0.2) is 0 Å². The van der Waals surface area contributed by atoms with E-state index in [1.54, 1.807) is 0 Å². The third-order valence-corrected chi connectivity index (χ3v) is 4.05. The van der Waals surface area contributed by atoms with Crippen molar-refractivity contribution in [3.05, 3.63) is 0 Å². The van der Waals surface area contributed by atoms with Crippen molar-refractivity contribution < 1.29 is 0 Å². The number of thioether (sulfide) groups is 1. The van der Waals surface area contributed by atoms with E-state index in [0.717, 1.165) is 5.92 Å². The van der Waals surface area contributed by atoms with E-state index >= 15 is 0 Å². The molecule has 2 heteroatoms. The molecule has 0 radical (unpaired) electrons. The lowest BCUT2D eigenvalue weighted by molar-refractivity contribution is 0.469. The zero-order chi connectivity index (χ0) is 9.90. The van der Waals surface area contributed by atoms with E-state index in [-0.39, 0.29) is 0 Å². The van der Waals surface area contributed by atoms with Crippen LogP contribution in [-0.4, -0.2) is 16.5 Å². The molecule has 78 valence electrons. The van der Waals surface area contributed by atoms with Gasteiger partial charge in [-0.25, -0.2) is 0 Å². The van der Waals surface area contributed by atoms with E-state index in [0.29, 0.717) is 10.8 Å². The maximum atomic E-state index is 6.02. The van der Waals surface area contributed by atoms with Gasteiger partial charge in [0.2, 0.25) is 0 Å². The highest BCUT2D eigenvalue weighted by Crippen LogP contribution is 2.31. The zero-order valence-corrected chi connectivity index (χ0v) is 9.99. The Hall–Kier alpha value is 0.310. The molecule has 1 nitrogen and oxygen atoms in total. The summed E-state index contributed by atoms with van der Waals surface area (Å²) in [6, 6.07) is 0.501. The highest BCUT2D eigenvalue weighted by atomic mass is 32.2. The first kappa shape index (κ1) is 11.4. The van der Waals surface area contributed by atoms with Gasteiger partial charge in [0.05, 0.1) is 0 Å². The summed E-state index contributed by atoms with van der Waals surface area (Å²) in [6.07, 6.45) is 5.30. The fourth-order valence-corrected chi connectivity index (χ4v) is 2.97. The van der Waals surface area contributed by atoms with Crippen molar-refractivity contribution in [2.24, 2.45) is 11.7 Å². The van der Waals surface area contributed by atoms with Gasteiger partial charge in [0, 0.05) is 10.8 Å². The predicted molar refractivity (Wildman–Crippen MR) is 62.1 cm³/mol. The summed E-state index contributed by atoms with van der Waals surface area (Å²) in [4.78, 5) is 0. The molecular weight excluding hydrogens is 178 g/mol. The molecule has 1 saturated carbocycles. The molecule has 13 heavy (non-hydrogen) atoms. The first-order chi connectivity index (χ1) is 5.99. The Morgan fingerprint density at radius 1 is 1.31 bits per heavy atom. The molecule has 0 spiro atoms. The molecule has 1 rings (SSSR count). The Kier molecular flexibility index (Phi) is 4.11. The fourth-order valence-electron chi connectivity index (χ4n) is 1.94. The van der Waals surface area contributed by atoms with Crippen molar-refractivity contribution in [3.63, 3.8) is 0 Å². The molecule has 0 saturated heterocycles. The topological polar surface area (TPSA) is 26.0 Å². The zero-order valence-electron chi connectivity index (χ0n) is 9.18. The molecule has 2 atom stereocenters. The second-order valence-corrected chi connectivity index (χ2v) is 7.03. The Morgan fingerprint density at radius 2 is 2.00 bits per heavy atom. The van der Waals surface area contributed by atoms with E-state index < -0.39 is 0 Å². The van der Waals surface area contributed by atoms with Crippen LogP contribution in [0.15, 0.2) is 0 Å². The third kappa shape index (κ3) is 4.37. The molecule has 0 aliphatic heterocycles. The second-order valence-electron chi connectivity index (χ2n) is 5.10. The quantitative estimate of drug-likeness (QED) is 0.759. The number of nitrogens with two attached hydrogens (primary N) is 1. The lowest BCUT2D eigenvalue weighted by Crippen LogP contribution is -2.25. The normalized spacial score (nSPS) is 29.5. The van der Waals surface area contributed by atoms with E-state index in [1.807, 2.05) is 0 Å². The highest BCUT2D eigenvalue weighted by molar-refractivity contribution is 8.00. The molecule has 0 bridgehead atoms. The van der Waals surface area contributed by atoms with Crippen molar-refractivity contribution in [2.45, 2.75) is 57.2 Å². The molecular formula is C11H23NS. The van der Waals surface area contributed by atoms with Gasteiger partial charge in [0.1, 0.15) is 0 Å². The van der Waals surface area contributed by atoms with Crippen molar-refractivity contribution in [1.82, 2.24) is 0 Å². The Labute approximate surface area is 86.8 Å². The standard InChI is InChI=1S/C11H23NS/c1-11(2,3)13-8-7-9-5-4-6-10(9)12/h9-10H,4-8,12H2,1-3H3. The molecule has 1 aliphatic rings. The van der Waals surface area contributed by atoms with E-state index in [9.17, 15) is 0 Å². The van der Waals surface area contributed by atoms with E-state index in [2.05, 4.69) is 32.5 Å². The van der Waals surface area contributed by atoms with Gasteiger partial charge in [-0.05, 0) is 30.9 Å². The van der Waals surface area contributed by atoms with Gasteiger partial charge >= 0.3 is 0 Å². The number of rotatable bonds is 3. The Balaban J connectivity index is 2.12. The lowest BCUT2D eigenvalue weighted by Gasteiger charge is -2.20. The van der Waals surface area contributed by atoms with Crippen LogP contribution in [0.25, 0.3) is 0 Å². The summed E-state index contributed by atoms with van der Waals surface area (Å²) in [5, 5.41) is 0. The van der Waals surface area contributed by atoms with Crippen LogP contribution in [0, 0.1) is 5.92 Å². The molecule has 1 fully saturated rings. The predicted octanol–water partition coefficient (Wildman–Crippen LogP) is 3.04. The summed E-state index contributed by atoms with van der Waals surface area (Å²) in [7, 11) is 0. The SMILES string of the molecule is CC(C)(C)SCCC1CCCC1N. The van der Waals surface area contributed by atoms with Crippen LogP contribution in [0.5, 0.6) is 0 Å². The summed E-state index contributed by atoms with van der Waals surface area (Å²) in [5.74, 6) is 2.09. The van der Waals surface area contributed by atoms with Crippen molar-refractivity contribution in [2.75, 3.05) is 5.75 Å². The average molecular weight is 201 g/mol. The van der Waals surface area contributed by atoms with Crippen LogP contribution in [0.1, 0.15) is 46.5 Å². The molecule has 0 aromatic heterocycles. The van der Waals surface area contributed by atoms with E-state index in [4.69, 9.17) is 5.73 Å². The maximum Gasteiger partial charge on any atom is 0.00750 e. The van der Waals surface area contributed by atoms with Crippen LogP contribution in [0.2, 0.25) is 0 Å². The maximum absolute atomic E-state index is 6.02. The van der Waals surface area contributed by atoms with Crippen molar-refractivity contribution in [1.29, 1.82) is 0 Å². The molecule has 0 aromatic rings. The van der Waals surface area contributed by atoms with Crippen LogP contribution in [0.3, 0.4) is 0 Å². The van der Waals surface area contributed by atoms with Gasteiger partial charge in [0.25, 0.3) is 0 Å². The van der Waals surface area contributed by atoms with Gasteiger partial charge in [-0.15, -0.1) is 0 Å². The molecule has 0 heterocycles. The summed E-state index contributed by atoms with van der Waals surface area (Å²) < 4.78 is 0.419. The molecule has 0 aromatic carbocycles. The Morgan fingerprint density at radius 3 is 2.46 bits per heavy atom. The van der Waals surface area contributed by atoms with Crippen LogP contribution >= 0.6 is 11.8 Å². The number of hydrogen-bond acceptors (Lipinski definition) is 2. The van der Waals surface area contributed by atoms with Crippen LogP contribution in [0.4, 0.5) is 0 Å². The van der Waals surface area contributed by atoms with Gasteiger partial charge < -0.3 is 5.73 Å². The highest BCUT2D eigenvalue weighted by Gasteiger charge is 2.23. The minimum Gasteiger partial charge on any atom is -0.327 e. The van der Waals surface area contributed by atoms with Gasteiger partial charge in [-0.1, -0.05) is 27.2 Å². The Bertz CT molecular complexity index is 151. The summed E-state index contributed by atoms with van der Waals surface area (Å²) >= 11 is 2.07. The summed E-state index contributed by atoms with van der Waals surface area (Å²) in [6.45, 7) is 6.85. The molecule has 0 amide bonds. The van der Waals surface area contributed by atoms with Gasteiger partial charge in [-0.2, -0.15) is 11.8 Å². The van der Waals surface area contributed by atoms with E-state index in [1.165, 1.54) is 31.4 Å². The number of hydrogen-bond donors (Lipinski definition) is 1. The van der Waals surface area contributed by atoms with Crippen molar-refractivity contribution in [3.8, 4) is 0 Å². The molecule has 2 N–H and O–H groups in total. The summed E-state index contributed by atoms with van der Waals surface area (Å²) in [5.41, 5.74) is 6.02. The van der Waals surface area contributed by atoms with Crippen molar-refractivity contribution >= 4 is 11.8 Å². The van der Waals surface area contributed by atoms with Crippen LogP contribution in [-0.2, 0) is 0 Å². The molecule has 2 unspecified atom stereocenters. The minimum absolute atomic E-state index is 0.419. The fraction of sp³-hybridized carbons (Fsp3) is 1.00. The average Bonchev–Trinajstić information content (AvgIpc) is 2.34. The smallest absolute Gasteiger partial charge is 0.00750 e. The van der Waals surface area contributed by atoms with Gasteiger partial charge in [-0.3, -0.25) is 0 Å². The lowest BCUT2D eigenvalue weighted by atomic mass is 10.0.